The summed E-state index contributed by atoms with van der Waals surface area (Å²) in [6, 6.07) is 14.8. The quantitative estimate of drug-likeness (QED) is 0.518. The van der Waals surface area contributed by atoms with Crippen LogP contribution in [0.25, 0.3) is 11.5 Å². The normalized spacial score (nSPS) is 12.8. The fourth-order valence-electron chi connectivity index (χ4n) is 3.31. The summed E-state index contributed by atoms with van der Waals surface area (Å²) in [5.74, 6) is 0.722. The standard InChI is InChI=1S/C23H27N5O3/c1-5-28(14-21(30)25-20-11-9-19(10-12-20)24-17(4)29)16(3)22-26-27-23(31-22)18-8-6-7-15(2)13-18/h6-13,16H,5,14H2,1-4H3,(H,24,29)(H,25,30)/p+1/t16-/m0/s1. The molecule has 0 saturated carbocycles. The van der Waals surface area contributed by atoms with Crippen molar-refractivity contribution in [1.82, 2.24) is 10.2 Å². The second-order valence-electron chi connectivity index (χ2n) is 7.53. The number of carbonyl (C=O) groups excluding carboxylic acids is 2. The third-order valence-electron chi connectivity index (χ3n) is 5.02. The number of likely N-dealkylation sites (N-methyl/N-ethyl adjacent to an activating group) is 1. The molecule has 162 valence electrons. The van der Waals surface area contributed by atoms with Gasteiger partial charge >= 0.3 is 0 Å². The lowest BCUT2D eigenvalue weighted by Gasteiger charge is -2.21. The first-order chi connectivity index (χ1) is 14.9. The first-order valence-corrected chi connectivity index (χ1v) is 10.3. The maximum absolute atomic E-state index is 12.6. The van der Waals surface area contributed by atoms with Gasteiger partial charge in [0.1, 0.15) is 0 Å². The Morgan fingerprint density at radius 1 is 1.06 bits per heavy atom. The highest BCUT2D eigenvalue weighted by Crippen LogP contribution is 2.20. The number of nitrogens with zero attached hydrogens (tertiary/aromatic N) is 2. The number of amides is 2. The van der Waals surface area contributed by atoms with Gasteiger partial charge in [0.2, 0.25) is 11.8 Å². The van der Waals surface area contributed by atoms with Gasteiger partial charge in [-0.2, -0.15) is 0 Å². The molecule has 3 N–H and O–H groups in total. The molecule has 1 heterocycles. The van der Waals surface area contributed by atoms with E-state index in [9.17, 15) is 9.59 Å². The van der Waals surface area contributed by atoms with Crippen molar-refractivity contribution in [1.29, 1.82) is 0 Å². The van der Waals surface area contributed by atoms with Crippen LogP contribution < -0.4 is 15.5 Å². The molecule has 1 aromatic heterocycles. The third kappa shape index (κ3) is 5.99. The van der Waals surface area contributed by atoms with Crippen LogP contribution in [0.2, 0.25) is 0 Å². The molecule has 0 spiro atoms. The number of quaternary nitrogens is 1. The predicted molar refractivity (Wildman–Crippen MR) is 119 cm³/mol. The molecular weight excluding hydrogens is 394 g/mol. The second-order valence-corrected chi connectivity index (χ2v) is 7.53. The smallest absolute Gasteiger partial charge is 0.279 e. The average molecular weight is 423 g/mol. The van der Waals surface area contributed by atoms with Gasteiger partial charge in [0.25, 0.3) is 11.8 Å². The summed E-state index contributed by atoms with van der Waals surface area (Å²) in [6.07, 6.45) is 0. The van der Waals surface area contributed by atoms with E-state index in [2.05, 4.69) is 20.8 Å². The van der Waals surface area contributed by atoms with Crippen molar-refractivity contribution in [3.63, 3.8) is 0 Å². The molecule has 8 nitrogen and oxygen atoms in total. The number of carbonyl (C=O) groups is 2. The number of rotatable bonds is 8. The molecule has 0 aliphatic rings. The molecule has 0 aliphatic heterocycles. The largest absolute Gasteiger partial charge is 0.415 e. The number of aromatic nitrogens is 2. The van der Waals surface area contributed by atoms with Crippen molar-refractivity contribution in [2.75, 3.05) is 23.7 Å². The Labute approximate surface area is 181 Å². The number of anilines is 2. The average Bonchev–Trinajstić information content (AvgIpc) is 3.23. The number of nitrogens with one attached hydrogen (secondary N) is 3. The van der Waals surface area contributed by atoms with Crippen molar-refractivity contribution in [2.24, 2.45) is 0 Å². The maximum Gasteiger partial charge on any atom is 0.279 e. The minimum Gasteiger partial charge on any atom is -0.415 e. The van der Waals surface area contributed by atoms with Gasteiger partial charge in [-0.15, -0.1) is 10.2 Å². The Morgan fingerprint density at radius 2 is 1.74 bits per heavy atom. The number of benzene rings is 2. The van der Waals surface area contributed by atoms with Crippen LogP contribution in [0.4, 0.5) is 11.4 Å². The Hall–Kier alpha value is -3.52. The van der Waals surface area contributed by atoms with E-state index in [1.807, 2.05) is 45.0 Å². The van der Waals surface area contributed by atoms with Gasteiger partial charge < -0.3 is 20.0 Å². The number of hydrogen-bond donors (Lipinski definition) is 3. The van der Waals surface area contributed by atoms with Crippen LogP contribution in [0.5, 0.6) is 0 Å². The Kier molecular flexibility index (Phi) is 7.15. The lowest BCUT2D eigenvalue weighted by Crippen LogP contribution is -3.12. The van der Waals surface area contributed by atoms with Crippen LogP contribution in [-0.4, -0.2) is 35.1 Å². The van der Waals surface area contributed by atoms with E-state index in [1.54, 1.807) is 24.3 Å². The maximum atomic E-state index is 12.6. The Morgan fingerprint density at radius 3 is 2.35 bits per heavy atom. The summed E-state index contributed by atoms with van der Waals surface area (Å²) in [4.78, 5) is 24.7. The lowest BCUT2D eigenvalue weighted by atomic mass is 10.1. The van der Waals surface area contributed by atoms with Crippen LogP contribution >= 0.6 is 0 Å². The van der Waals surface area contributed by atoms with Gasteiger partial charge in [-0.05, 0) is 57.2 Å². The van der Waals surface area contributed by atoms with Crippen molar-refractivity contribution in [2.45, 2.75) is 33.7 Å². The van der Waals surface area contributed by atoms with E-state index in [-0.39, 0.29) is 24.4 Å². The van der Waals surface area contributed by atoms with Crippen LogP contribution in [-0.2, 0) is 9.59 Å². The van der Waals surface area contributed by atoms with Gasteiger partial charge in [-0.1, -0.05) is 17.7 Å². The summed E-state index contributed by atoms with van der Waals surface area (Å²) in [5, 5.41) is 14.0. The summed E-state index contributed by atoms with van der Waals surface area (Å²) >= 11 is 0. The van der Waals surface area contributed by atoms with Crippen molar-refractivity contribution in [3.05, 3.63) is 60.0 Å². The molecule has 2 amide bonds. The first-order valence-electron chi connectivity index (χ1n) is 10.3. The molecule has 3 rings (SSSR count). The van der Waals surface area contributed by atoms with Crippen molar-refractivity contribution < 1.29 is 18.9 Å². The fourth-order valence-corrected chi connectivity index (χ4v) is 3.31. The van der Waals surface area contributed by atoms with E-state index in [1.165, 1.54) is 6.92 Å². The van der Waals surface area contributed by atoms with Crippen LogP contribution in [0.15, 0.2) is 52.9 Å². The molecule has 0 aliphatic carbocycles. The Bertz CT molecular complexity index is 1050. The van der Waals surface area contributed by atoms with Gasteiger partial charge in [0.15, 0.2) is 12.6 Å². The molecule has 0 radical (unpaired) electrons. The number of aryl methyl sites for hydroxylation is 1. The van der Waals surface area contributed by atoms with Gasteiger partial charge in [-0.25, -0.2) is 0 Å². The van der Waals surface area contributed by atoms with Crippen LogP contribution in [0.3, 0.4) is 0 Å². The summed E-state index contributed by atoms with van der Waals surface area (Å²) in [7, 11) is 0. The zero-order valence-electron chi connectivity index (χ0n) is 18.2. The molecule has 3 aromatic rings. The molecule has 2 aromatic carbocycles. The highest BCUT2D eigenvalue weighted by atomic mass is 16.4. The molecular formula is C23H28N5O3+. The number of hydrogen-bond acceptors (Lipinski definition) is 5. The van der Waals surface area contributed by atoms with Gasteiger partial charge in [0, 0.05) is 23.9 Å². The van der Waals surface area contributed by atoms with Crippen molar-refractivity contribution in [3.8, 4) is 11.5 Å². The summed E-state index contributed by atoms with van der Waals surface area (Å²) in [5.41, 5.74) is 3.35. The van der Waals surface area contributed by atoms with Crippen LogP contribution in [0, 0.1) is 6.92 Å². The fraction of sp³-hybridized carbons (Fsp3) is 0.304. The van der Waals surface area contributed by atoms with E-state index < -0.39 is 0 Å². The highest BCUT2D eigenvalue weighted by Gasteiger charge is 2.26. The van der Waals surface area contributed by atoms with Gasteiger partial charge in [-0.3, -0.25) is 9.59 Å². The SMILES string of the molecule is CC[NH+](CC(=O)Nc1ccc(NC(C)=O)cc1)[C@@H](C)c1nnc(-c2cccc(C)c2)o1. The molecule has 1 unspecified atom stereocenters. The second kappa shape index (κ2) is 9.99. The minimum absolute atomic E-state index is 0.116. The first kappa shape index (κ1) is 22.2. The summed E-state index contributed by atoms with van der Waals surface area (Å²) in [6.45, 7) is 8.43. The lowest BCUT2D eigenvalue weighted by molar-refractivity contribution is -0.921. The Balaban J connectivity index is 1.62. The molecule has 0 fully saturated rings. The van der Waals surface area contributed by atoms with Crippen LogP contribution in [0.1, 0.15) is 38.3 Å². The minimum atomic E-state index is -0.139. The predicted octanol–water partition coefficient (Wildman–Crippen LogP) is 2.61. The van der Waals surface area contributed by atoms with E-state index in [4.69, 9.17) is 4.42 Å². The summed E-state index contributed by atoms with van der Waals surface area (Å²) < 4.78 is 5.90. The molecule has 2 atom stereocenters. The molecule has 31 heavy (non-hydrogen) atoms. The van der Waals surface area contributed by atoms with E-state index in [0.717, 1.165) is 22.6 Å². The zero-order chi connectivity index (χ0) is 22.4. The monoisotopic (exact) mass is 422 g/mol. The molecule has 0 bridgehead atoms. The molecule has 8 heteroatoms. The highest BCUT2D eigenvalue weighted by molar-refractivity contribution is 5.92. The third-order valence-corrected chi connectivity index (χ3v) is 5.02. The van der Waals surface area contributed by atoms with Gasteiger partial charge in [0.05, 0.1) is 6.54 Å². The van der Waals surface area contributed by atoms with Crippen molar-refractivity contribution >= 4 is 23.2 Å². The van der Waals surface area contributed by atoms with E-state index in [0.29, 0.717) is 23.2 Å². The molecule has 0 saturated heterocycles. The topological polar surface area (TPSA) is 102 Å². The zero-order valence-corrected chi connectivity index (χ0v) is 18.2. The van der Waals surface area contributed by atoms with E-state index >= 15 is 0 Å².